The summed E-state index contributed by atoms with van der Waals surface area (Å²) in [5, 5.41) is 0. The van der Waals surface area contributed by atoms with Gasteiger partial charge in [-0.3, -0.25) is 0 Å². The van der Waals surface area contributed by atoms with Gasteiger partial charge in [0.25, 0.3) is 0 Å². The summed E-state index contributed by atoms with van der Waals surface area (Å²) in [4.78, 5) is 2.04. The standard InChI is InChI=1S/C14H11F4NS/c1-19(8-3-5-9(20-2)6-4-8)14-12(17)10(15)7-11(16)13(14)18/h3-7H,1-2H3. The Hall–Kier alpha value is -1.69. The Morgan fingerprint density at radius 1 is 0.900 bits per heavy atom. The number of anilines is 2. The van der Waals surface area contributed by atoms with Gasteiger partial charge < -0.3 is 4.90 Å². The maximum atomic E-state index is 13.7. The minimum absolute atomic E-state index is 0.193. The molecular formula is C14H11F4NS. The van der Waals surface area contributed by atoms with Crippen molar-refractivity contribution in [3.63, 3.8) is 0 Å². The summed E-state index contributed by atoms with van der Waals surface area (Å²) in [5.41, 5.74) is -0.329. The minimum atomic E-state index is -1.42. The van der Waals surface area contributed by atoms with Crippen molar-refractivity contribution in [2.24, 2.45) is 0 Å². The van der Waals surface area contributed by atoms with Crippen molar-refractivity contribution < 1.29 is 17.6 Å². The van der Waals surface area contributed by atoms with Crippen LogP contribution in [0.15, 0.2) is 35.2 Å². The van der Waals surface area contributed by atoms with Crippen LogP contribution in [0.25, 0.3) is 0 Å². The molecule has 2 aromatic carbocycles. The van der Waals surface area contributed by atoms with Crippen LogP contribution in [0.4, 0.5) is 28.9 Å². The summed E-state index contributed by atoms with van der Waals surface area (Å²) in [5.74, 6) is -5.68. The molecule has 1 nitrogen and oxygen atoms in total. The third-order valence-electron chi connectivity index (χ3n) is 2.88. The van der Waals surface area contributed by atoms with Gasteiger partial charge in [0.15, 0.2) is 23.3 Å². The molecule has 0 heterocycles. The highest BCUT2D eigenvalue weighted by molar-refractivity contribution is 7.98. The molecule has 6 heteroatoms. The molecule has 0 amide bonds. The van der Waals surface area contributed by atoms with Crippen molar-refractivity contribution in [3.05, 3.63) is 53.6 Å². The fourth-order valence-electron chi connectivity index (χ4n) is 1.79. The Morgan fingerprint density at radius 3 is 1.85 bits per heavy atom. The smallest absolute Gasteiger partial charge is 0.185 e. The number of hydrogen-bond donors (Lipinski definition) is 0. The number of nitrogens with zero attached hydrogens (tertiary/aromatic N) is 1. The van der Waals surface area contributed by atoms with Crippen molar-refractivity contribution in [1.29, 1.82) is 0 Å². The van der Waals surface area contributed by atoms with Gasteiger partial charge in [-0.15, -0.1) is 11.8 Å². The zero-order valence-corrected chi connectivity index (χ0v) is 11.6. The molecule has 106 valence electrons. The molecule has 0 bridgehead atoms. The van der Waals surface area contributed by atoms with Crippen LogP contribution in [-0.2, 0) is 0 Å². The summed E-state index contributed by atoms with van der Waals surface area (Å²) in [6, 6.07) is 6.93. The summed E-state index contributed by atoms with van der Waals surface area (Å²) >= 11 is 1.51. The first-order valence-corrected chi connectivity index (χ1v) is 6.89. The maximum absolute atomic E-state index is 13.7. The van der Waals surface area contributed by atoms with Gasteiger partial charge in [0.1, 0.15) is 5.69 Å². The lowest BCUT2D eigenvalue weighted by molar-refractivity contribution is 0.456. The van der Waals surface area contributed by atoms with Crippen LogP contribution < -0.4 is 4.90 Å². The van der Waals surface area contributed by atoms with Gasteiger partial charge in [-0.2, -0.15) is 0 Å². The topological polar surface area (TPSA) is 3.24 Å². The first-order valence-electron chi connectivity index (χ1n) is 5.66. The molecule has 0 atom stereocenters. The van der Waals surface area contributed by atoms with Crippen molar-refractivity contribution in [3.8, 4) is 0 Å². The molecule has 0 aliphatic carbocycles. The van der Waals surface area contributed by atoms with Crippen molar-refractivity contribution >= 4 is 23.1 Å². The number of thioether (sulfide) groups is 1. The van der Waals surface area contributed by atoms with Crippen LogP contribution in [0.1, 0.15) is 0 Å². The summed E-state index contributed by atoms with van der Waals surface area (Å²) in [6.07, 6.45) is 1.89. The molecule has 0 aromatic heterocycles. The Labute approximate surface area is 118 Å². The van der Waals surface area contributed by atoms with E-state index >= 15 is 0 Å². The summed E-state index contributed by atoms with van der Waals surface area (Å²) < 4.78 is 53.8. The Morgan fingerprint density at radius 2 is 1.40 bits per heavy atom. The molecule has 0 aliphatic rings. The van der Waals surface area contributed by atoms with Crippen LogP contribution >= 0.6 is 11.8 Å². The van der Waals surface area contributed by atoms with Crippen LogP contribution in [0, 0.1) is 23.3 Å². The molecule has 20 heavy (non-hydrogen) atoms. The van der Waals surface area contributed by atoms with E-state index in [4.69, 9.17) is 0 Å². The molecule has 0 saturated heterocycles. The lowest BCUT2D eigenvalue weighted by atomic mass is 10.2. The van der Waals surface area contributed by atoms with E-state index in [2.05, 4.69) is 0 Å². The fraction of sp³-hybridized carbons (Fsp3) is 0.143. The summed E-state index contributed by atoms with van der Waals surface area (Å²) in [6.45, 7) is 0. The van der Waals surface area contributed by atoms with E-state index in [0.29, 0.717) is 5.69 Å². The van der Waals surface area contributed by atoms with Gasteiger partial charge >= 0.3 is 0 Å². The zero-order valence-electron chi connectivity index (χ0n) is 10.8. The van der Waals surface area contributed by atoms with Gasteiger partial charge in [0, 0.05) is 23.7 Å². The largest absolute Gasteiger partial charge is 0.340 e. The van der Waals surface area contributed by atoms with E-state index in [-0.39, 0.29) is 6.07 Å². The Balaban J connectivity index is 2.49. The normalized spacial score (nSPS) is 10.7. The van der Waals surface area contributed by atoms with Crippen LogP contribution in [-0.4, -0.2) is 13.3 Å². The highest BCUT2D eigenvalue weighted by atomic mass is 32.2. The van der Waals surface area contributed by atoms with Crippen molar-refractivity contribution in [1.82, 2.24) is 0 Å². The van der Waals surface area contributed by atoms with Gasteiger partial charge in [-0.05, 0) is 30.5 Å². The van der Waals surface area contributed by atoms with Gasteiger partial charge in [-0.25, -0.2) is 17.6 Å². The van der Waals surface area contributed by atoms with E-state index < -0.39 is 29.0 Å². The fourth-order valence-corrected chi connectivity index (χ4v) is 2.20. The first-order chi connectivity index (χ1) is 9.45. The van der Waals surface area contributed by atoms with Crippen LogP contribution in [0.5, 0.6) is 0 Å². The molecule has 0 radical (unpaired) electrons. The number of halogens is 4. The van der Waals surface area contributed by atoms with Gasteiger partial charge in [0.2, 0.25) is 0 Å². The molecule has 0 unspecified atom stereocenters. The highest BCUT2D eigenvalue weighted by Crippen LogP contribution is 2.32. The Bertz CT molecular complexity index is 602. The number of rotatable bonds is 3. The monoisotopic (exact) mass is 301 g/mol. The SMILES string of the molecule is CSc1ccc(N(C)c2c(F)c(F)cc(F)c2F)cc1. The highest BCUT2D eigenvalue weighted by Gasteiger charge is 2.22. The third kappa shape index (κ3) is 2.60. The second kappa shape index (κ2) is 5.75. The average Bonchev–Trinajstić information content (AvgIpc) is 2.45. The lowest BCUT2D eigenvalue weighted by Gasteiger charge is -2.21. The molecule has 0 spiro atoms. The molecule has 0 saturated carbocycles. The third-order valence-corrected chi connectivity index (χ3v) is 3.63. The van der Waals surface area contributed by atoms with E-state index in [9.17, 15) is 17.6 Å². The van der Waals surface area contributed by atoms with E-state index in [1.165, 1.54) is 18.8 Å². The maximum Gasteiger partial charge on any atom is 0.185 e. The second-order valence-electron chi connectivity index (χ2n) is 4.07. The van der Waals surface area contributed by atoms with E-state index in [1.807, 2.05) is 6.26 Å². The van der Waals surface area contributed by atoms with Crippen LogP contribution in [0.2, 0.25) is 0 Å². The van der Waals surface area contributed by atoms with Crippen molar-refractivity contribution in [2.75, 3.05) is 18.2 Å². The lowest BCUT2D eigenvalue weighted by Crippen LogP contribution is -2.15. The Kier molecular flexibility index (Phi) is 4.23. The molecule has 2 rings (SSSR count). The van der Waals surface area contributed by atoms with Crippen LogP contribution in [0.3, 0.4) is 0 Å². The van der Waals surface area contributed by atoms with Gasteiger partial charge in [-0.1, -0.05) is 0 Å². The number of hydrogen-bond acceptors (Lipinski definition) is 2. The van der Waals surface area contributed by atoms with E-state index in [0.717, 1.165) is 9.80 Å². The molecule has 0 fully saturated rings. The predicted molar refractivity (Wildman–Crippen MR) is 72.6 cm³/mol. The van der Waals surface area contributed by atoms with Crippen molar-refractivity contribution in [2.45, 2.75) is 4.90 Å². The summed E-state index contributed by atoms with van der Waals surface area (Å²) in [7, 11) is 1.34. The average molecular weight is 301 g/mol. The number of benzene rings is 2. The predicted octanol–water partition coefficient (Wildman–Crippen LogP) is 4.73. The zero-order chi connectivity index (χ0) is 14.9. The first kappa shape index (κ1) is 14.7. The minimum Gasteiger partial charge on any atom is -0.340 e. The molecule has 0 N–H and O–H groups in total. The van der Waals surface area contributed by atoms with Gasteiger partial charge in [0.05, 0.1) is 0 Å². The van der Waals surface area contributed by atoms with E-state index in [1.54, 1.807) is 24.3 Å². The molecular weight excluding hydrogens is 290 g/mol. The second-order valence-corrected chi connectivity index (χ2v) is 4.95. The molecule has 0 aliphatic heterocycles. The quantitative estimate of drug-likeness (QED) is 0.458. The molecule has 2 aromatic rings.